The van der Waals surface area contributed by atoms with Gasteiger partial charge in [0, 0.05) is 23.6 Å². The lowest BCUT2D eigenvalue weighted by molar-refractivity contribution is -0.116. The zero-order chi connectivity index (χ0) is 21.8. The number of halogens is 1. The van der Waals surface area contributed by atoms with Crippen molar-refractivity contribution >= 4 is 34.5 Å². The Balaban J connectivity index is 1.49. The van der Waals surface area contributed by atoms with Crippen LogP contribution in [0.5, 0.6) is 0 Å². The van der Waals surface area contributed by atoms with Crippen LogP contribution in [-0.2, 0) is 24.2 Å². The molecule has 0 radical (unpaired) electrons. The lowest BCUT2D eigenvalue weighted by Gasteiger charge is -2.10. The topological polar surface area (TPSA) is 73.0 Å². The molecule has 0 saturated carbocycles. The number of anilines is 1. The molecular weight excluding hydrogens is 412 g/mol. The van der Waals surface area contributed by atoms with Crippen LogP contribution in [0.4, 0.5) is 5.95 Å². The Hall–Kier alpha value is -3.12. The van der Waals surface area contributed by atoms with Crippen molar-refractivity contribution in [2.45, 2.75) is 46.1 Å². The number of benzene rings is 2. The van der Waals surface area contributed by atoms with Crippen LogP contribution in [-0.4, -0.2) is 20.6 Å². The molecule has 0 unspecified atom stereocenters. The molecule has 2 heterocycles. The molecule has 1 N–H and O–H groups in total. The number of amides is 1. The second-order valence-electron chi connectivity index (χ2n) is 7.66. The molecule has 2 aromatic carbocycles. The van der Waals surface area contributed by atoms with E-state index in [1.807, 2.05) is 38.1 Å². The highest BCUT2D eigenvalue weighted by Gasteiger charge is 2.16. The number of carbonyl (C=O) groups excluding carboxylic acids is 1. The second kappa shape index (κ2) is 9.35. The van der Waals surface area contributed by atoms with E-state index in [0.29, 0.717) is 23.8 Å². The van der Waals surface area contributed by atoms with Crippen molar-refractivity contribution in [2.75, 3.05) is 5.32 Å². The zero-order valence-corrected chi connectivity index (χ0v) is 18.4. The van der Waals surface area contributed by atoms with E-state index < -0.39 is 0 Å². The van der Waals surface area contributed by atoms with E-state index in [-0.39, 0.29) is 5.91 Å². The number of nitrogens with one attached hydrogen (secondary N) is 1. The third kappa shape index (κ3) is 4.97. The molecule has 4 aromatic rings. The van der Waals surface area contributed by atoms with Gasteiger partial charge in [0.1, 0.15) is 5.76 Å². The van der Waals surface area contributed by atoms with Crippen LogP contribution in [0.15, 0.2) is 53.1 Å². The summed E-state index contributed by atoms with van der Waals surface area (Å²) in [6.07, 6.45) is 2.79. The summed E-state index contributed by atoms with van der Waals surface area (Å²) in [5.41, 5.74) is 4.83. The van der Waals surface area contributed by atoms with Gasteiger partial charge in [0.05, 0.1) is 16.7 Å². The van der Waals surface area contributed by atoms with Crippen molar-refractivity contribution < 1.29 is 9.32 Å². The average molecular weight is 437 g/mol. The summed E-state index contributed by atoms with van der Waals surface area (Å²) in [6, 6.07) is 16.0. The Morgan fingerprint density at radius 2 is 1.94 bits per heavy atom. The summed E-state index contributed by atoms with van der Waals surface area (Å²) >= 11 is 6.16. The molecular formula is C24H25ClN4O2. The molecule has 0 aliphatic rings. The van der Waals surface area contributed by atoms with Gasteiger partial charge in [-0.2, -0.15) is 0 Å². The first-order chi connectivity index (χ1) is 15.0. The van der Waals surface area contributed by atoms with Crippen molar-refractivity contribution in [1.82, 2.24) is 14.7 Å². The molecule has 0 fully saturated rings. The van der Waals surface area contributed by atoms with E-state index in [9.17, 15) is 4.79 Å². The SMILES string of the molecule is Cc1noc(C)c1CCC(=O)Nc1nc2cc(Cl)ccc2n1CCCc1ccccc1. The van der Waals surface area contributed by atoms with Crippen molar-refractivity contribution in [3.63, 3.8) is 0 Å². The Morgan fingerprint density at radius 3 is 2.68 bits per heavy atom. The van der Waals surface area contributed by atoms with Crippen LogP contribution < -0.4 is 5.32 Å². The fourth-order valence-corrected chi connectivity index (χ4v) is 3.96. The van der Waals surface area contributed by atoms with E-state index in [4.69, 9.17) is 16.1 Å². The molecule has 31 heavy (non-hydrogen) atoms. The quantitative estimate of drug-likeness (QED) is 0.396. The van der Waals surface area contributed by atoms with Gasteiger partial charge in [0.25, 0.3) is 0 Å². The Morgan fingerprint density at radius 1 is 1.13 bits per heavy atom. The maximum Gasteiger partial charge on any atom is 0.227 e. The molecule has 2 aromatic heterocycles. The van der Waals surface area contributed by atoms with Gasteiger partial charge >= 0.3 is 0 Å². The fraction of sp³-hybridized carbons (Fsp3) is 0.292. The molecule has 0 atom stereocenters. The van der Waals surface area contributed by atoms with Gasteiger partial charge in [-0.3, -0.25) is 10.1 Å². The number of nitrogens with zero attached hydrogens (tertiary/aromatic N) is 3. The molecule has 0 saturated heterocycles. The molecule has 160 valence electrons. The molecule has 6 nitrogen and oxygen atoms in total. The monoisotopic (exact) mass is 436 g/mol. The smallest absolute Gasteiger partial charge is 0.227 e. The molecule has 0 spiro atoms. The van der Waals surface area contributed by atoms with Crippen LogP contribution in [0.1, 0.15) is 35.4 Å². The average Bonchev–Trinajstić information content (AvgIpc) is 3.25. The predicted molar refractivity (Wildman–Crippen MR) is 122 cm³/mol. The maximum absolute atomic E-state index is 12.7. The molecule has 4 rings (SSSR count). The number of aromatic nitrogens is 3. The fourth-order valence-electron chi connectivity index (χ4n) is 3.80. The van der Waals surface area contributed by atoms with Gasteiger partial charge in [-0.05, 0) is 56.9 Å². The summed E-state index contributed by atoms with van der Waals surface area (Å²) in [7, 11) is 0. The van der Waals surface area contributed by atoms with Crippen LogP contribution in [0.2, 0.25) is 5.02 Å². The van der Waals surface area contributed by atoms with Gasteiger partial charge in [0.2, 0.25) is 11.9 Å². The maximum atomic E-state index is 12.7. The third-order valence-electron chi connectivity index (χ3n) is 5.43. The number of hydrogen-bond acceptors (Lipinski definition) is 4. The van der Waals surface area contributed by atoms with Crippen molar-refractivity contribution in [2.24, 2.45) is 0 Å². The van der Waals surface area contributed by atoms with Gasteiger partial charge in [-0.25, -0.2) is 4.98 Å². The highest BCUT2D eigenvalue weighted by Crippen LogP contribution is 2.24. The van der Waals surface area contributed by atoms with E-state index in [0.717, 1.165) is 47.4 Å². The lowest BCUT2D eigenvalue weighted by atomic mass is 10.1. The summed E-state index contributed by atoms with van der Waals surface area (Å²) in [5, 5.41) is 7.56. The lowest BCUT2D eigenvalue weighted by Crippen LogP contribution is -2.17. The van der Waals surface area contributed by atoms with E-state index >= 15 is 0 Å². The summed E-state index contributed by atoms with van der Waals surface area (Å²) in [6.45, 7) is 4.50. The molecule has 0 aliphatic heterocycles. The summed E-state index contributed by atoms with van der Waals surface area (Å²) < 4.78 is 7.24. The standard InChI is InChI=1S/C24H25ClN4O2/c1-16-20(17(2)31-28-16)11-13-23(30)27-24-26-21-15-19(25)10-12-22(21)29(24)14-6-9-18-7-4-3-5-8-18/h3-5,7-8,10,12,15H,6,9,11,13-14H2,1-2H3,(H,26,27,30). The van der Waals surface area contributed by atoms with Crippen LogP contribution >= 0.6 is 11.6 Å². The van der Waals surface area contributed by atoms with Crippen LogP contribution in [0.3, 0.4) is 0 Å². The molecule has 7 heteroatoms. The Labute approximate surface area is 186 Å². The van der Waals surface area contributed by atoms with Crippen molar-refractivity contribution in [3.8, 4) is 0 Å². The second-order valence-corrected chi connectivity index (χ2v) is 8.10. The first kappa shape index (κ1) is 21.1. The normalized spacial score (nSPS) is 11.2. The highest BCUT2D eigenvalue weighted by atomic mass is 35.5. The number of rotatable bonds is 8. The third-order valence-corrected chi connectivity index (χ3v) is 5.67. The van der Waals surface area contributed by atoms with Gasteiger partial charge < -0.3 is 9.09 Å². The van der Waals surface area contributed by atoms with E-state index in [1.54, 1.807) is 0 Å². The van der Waals surface area contributed by atoms with E-state index in [1.165, 1.54) is 5.56 Å². The molecule has 0 bridgehead atoms. The summed E-state index contributed by atoms with van der Waals surface area (Å²) in [4.78, 5) is 17.3. The van der Waals surface area contributed by atoms with Crippen LogP contribution in [0, 0.1) is 13.8 Å². The zero-order valence-electron chi connectivity index (χ0n) is 17.7. The number of imidazole rings is 1. The summed E-state index contributed by atoms with van der Waals surface area (Å²) in [5.74, 6) is 1.22. The van der Waals surface area contributed by atoms with Crippen molar-refractivity contribution in [1.29, 1.82) is 0 Å². The van der Waals surface area contributed by atoms with Crippen molar-refractivity contribution in [3.05, 3.63) is 76.1 Å². The highest BCUT2D eigenvalue weighted by molar-refractivity contribution is 6.31. The minimum atomic E-state index is -0.0919. The number of hydrogen-bond donors (Lipinski definition) is 1. The number of aryl methyl sites for hydroxylation is 4. The van der Waals surface area contributed by atoms with E-state index in [2.05, 4.69) is 44.3 Å². The molecule has 0 aliphatic carbocycles. The first-order valence-corrected chi connectivity index (χ1v) is 10.8. The van der Waals surface area contributed by atoms with Gasteiger partial charge in [-0.15, -0.1) is 0 Å². The molecule has 1 amide bonds. The van der Waals surface area contributed by atoms with Gasteiger partial charge in [-0.1, -0.05) is 47.1 Å². The Bertz CT molecular complexity index is 1180. The minimum absolute atomic E-state index is 0.0919. The van der Waals surface area contributed by atoms with Crippen LogP contribution in [0.25, 0.3) is 11.0 Å². The Kier molecular flexibility index (Phi) is 6.37. The number of fused-ring (bicyclic) bond motifs is 1. The predicted octanol–water partition coefficient (Wildman–Crippen LogP) is 5.50. The first-order valence-electron chi connectivity index (χ1n) is 10.4. The number of carbonyl (C=O) groups is 1. The van der Waals surface area contributed by atoms with Gasteiger partial charge in [0.15, 0.2) is 0 Å². The largest absolute Gasteiger partial charge is 0.361 e. The minimum Gasteiger partial charge on any atom is -0.361 e.